The highest BCUT2D eigenvalue weighted by Crippen LogP contribution is 2.77. The number of benzene rings is 8. The van der Waals surface area contributed by atoms with Crippen LogP contribution in [0.4, 0.5) is 0 Å². The molecule has 9 heterocycles. The number of nitrogens with one attached hydrogen (secondary N) is 3. The van der Waals surface area contributed by atoms with Gasteiger partial charge >= 0.3 is 0 Å². The van der Waals surface area contributed by atoms with Crippen LogP contribution in [0.1, 0.15) is 322 Å². The Morgan fingerprint density at radius 3 is 0.770 bits per heavy atom. The van der Waals surface area contributed by atoms with E-state index >= 15 is 0 Å². The summed E-state index contributed by atoms with van der Waals surface area (Å²) in [6.07, 6.45) is 48.5. The standard InChI is InChI=1S/C33H41N3O2.2C32H39N3O2.C31H37N3O2/c1-3-20-35-27-16-18-29-33(27)28(35)17-19-30(33)36(29)31(24-8-7-11-26(21-24)38-2)22-12-14-23(15-13-22)32(37)34-25-9-5-4-6-10-25;1-3-19-34-26-15-17-28-32(26)27(34)16-18-29(32)35(28)30(23-7-6-10-25(20-23)37-2)21-11-13-22(14-12-21)31(36)33-24-8-4-5-9-24;1-2-18-34-26-14-16-28-32(26)27(34)15-17-29(32)35(28)30(24-8-7-9-25(36)21-24)22-10-12-23(13-11-22)31(37)33-19-5-3-4-6-20-33;1-2-18-33-25-14-16-27-31(25)26(33)15-17-28(31)34(27)29(22-6-5-9-24(35)19-22)20-10-12-21(13-11-20)30(36)32-23-7-3-4-8-23/h3,7-8,11-15,21,25,27-31H,1,4-6,9-10,16-20H2,2H3,(H,34,37);3,6-7,10-14,20,24,26-30H,1,4-5,8-9,15-19H2,2H3,(H,33,36);2,7-13,21,26-30,36H,1,3-6,14-20H2;2,5-6,9-13,19,23,25-29,35H,1,3-4,7-8,14-18H2,(H,32,36). The van der Waals surface area contributed by atoms with Gasteiger partial charge in [-0.1, -0.05) is 179 Å². The summed E-state index contributed by atoms with van der Waals surface area (Å²) >= 11 is 0. The van der Waals surface area contributed by atoms with E-state index in [2.05, 4.69) is 203 Å². The molecule has 11 aliphatic carbocycles. The maximum atomic E-state index is 13.2. The van der Waals surface area contributed by atoms with Crippen molar-refractivity contribution < 1.29 is 38.9 Å². The number of phenolic OH excluding ortho intramolecular Hbond substituents is 2. The van der Waals surface area contributed by atoms with Crippen molar-refractivity contribution in [3.05, 3.63) is 312 Å². The molecule has 9 saturated heterocycles. The fourth-order valence-corrected chi connectivity index (χ4v) is 36.9. The molecule has 4 spiro atoms. The van der Waals surface area contributed by atoms with Gasteiger partial charge in [-0.2, -0.15) is 0 Å². The zero-order chi connectivity index (χ0) is 101. The summed E-state index contributed by atoms with van der Waals surface area (Å²) in [6, 6.07) is 78.5. The zero-order valence-corrected chi connectivity index (χ0v) is 87.3. The van der Waals surface area contributed by atoms with Gasteiger partial charge in [-0.05, 0) is 296 Å². The Bertz CT molecular complexity index is 6140. The summed E-state index contributed by atoms with van der Waals surface area (Å²) in [5.74, 6) is 2.78. The molecule has 0 bridgehead atoms. The number of ether oxygens (including phenoxy) is 2. The van der Waals surface area contributed by atoms with E-state index < -0.39 is 0 Å². The smallest absolute Gasteiger partial charge is 0.253 e. The second-order valence-electron chi connectivity index (χ2n) is 47.9. The average Bonchev–Trinajstić information content (AvgIpc) is 1.48. The summed E-state index contributed by atoms with van der Waals surface area (Å²) in [4.78, 5) is 76.2. The molecule has 9 aliphatic heterocycles. The SMILES string of the molecule is C=CCN1C2CCC3N(C(c4ccc(C(=O)N5CCCCCC5)cc4)c4cccc(O)c4)C4CCC1C234.C=CCN1C2CCC3N(C(c4ccc(C(=O)NC5CCCC5)cc4)c4cccc(O)c4)C4CCC1C234.C=CCN1C2CCC3N(C(c4ccc(C(=O)NC5CCCC5)cc4)c4cccc(OC)c4)C4CCC1C234.C=CCN1C2CCC3N(C(c4ccc(C(=O)NC5CCCCC5)cc4)c4cccc(OC)c4)C4CCC1C234. The lowest BCUT2D eigenvalue weighted by atomic mass is 9.56. The van der Waals surface area contributed by atoms with Gasteiger partial charge in [-0.25, -0.2) is 0 Å². The number of carbonyl (C=O) groups excluding carboxylic acids is 4. The van der Waals surface area contributed by atoms with Crippen molar-refractivity contribution in [3.63, 3.8) is 0 Å². The van der Waals surface area contributed by atoms with Crippen molar-refractivity contribution in [2.45, 2.75) is 351 Å². The number of amides is 4. The summed E-state index contributed by atoms with van der Waals surface area (Å²) in [6.45, 7) is 21.9. The van der Waals surface area contributed by atoms with Gasteiger partial charge < -0.3 is 40.5 Å². The van der Waals surface area contributed by atoms with Crippen LogP contribution >= 0.6 is 0 Å². The Hall–Kier alpha value is -10.5. The maximum Gasteiger partial charge on any atom is 0.253 e. The number of phenols is 2. The number of methoxy groups -OCH3 is 2. The molecule has 5 N–H and O–H groups in total. The van der Waals surface area contributed by atoms with E-state index in [9.17, 15) is 29.4 Å². The van der Waals surface area contributed by atoms with Crippen LogP contribution in [0.15, 0.2) is 245 Å². The van der Waals surface area contributed by atoms with Crippen molar-refractivity contribution in [3.8, 4) is 23.0 Å². The maximum absolute atomic E-state index is 13.2. The van der Waals surface area contributed by atoms with Crippen LogP contribution in [-0.2, 0) is 0 Å². The molecule has 8 aromatic rings. The van der Waals surface area contributed by atoms with E-state index in [4.69, 9.17) is 9.47 Å². The van der Waals surface area contributed by atoms with Gasteiger partial charge in [0.25, 0.3) is 23.6 Å². The Balaban J connectivity index is 0.000000103. The second-order valence-corrected chi connectivity index (χ2v) is 47.9. The minimum atomic E-state index is 0.0410. The van der Waals surface area contributed by atoms with E-state index in [0.29, 0.717) is 124 Å². The number of carbonyl (C=O) groups is 4. The third-order valence-corrected chi connectivity index (χ3v) is 41.9. The fraction of sp³-hybridized carbons (Fsp3) is 0.531. The Morgan fingerprint density at radius 2 is 0.520 bits per heavy atom. The molecule has 20 atom stereocenters. The van der Waals surface area contributed by atoms with E-state index in [1.165, 1.54) is 194 Å². The average molecular weight is 1990 g/mol. The summed E-state index contributed by atoms with van der Waals surface area (Å²) in [7, 11) is 3.49. The number of rotatable bonds is 29. The largest absolute Gasteiger partial charge is 0.508 e. The van der Waals surface area contributed by atoms with Gasteiger partial charge in [0.2, 0.25) is 0 Å². The van der Waals surface area contributed by atoms with Gasteiger partial charge in [0, 0.05) is 198 Å². The number of hydrogen-bond donors (Lipinski definition) is 5. The minimum absolute atomic E-state index is 0.0410. The van der Waals surface area contributed by atoms with E-state index in [1.807, 2.05) is 89.8 Å². The molecule has 8 aromatic carbocycles. The molecule has 148 heavy (non-hydrogen) atoms. The van der Waals surface area contributed by atoms with Crippen LogP contribution in [0.5, 0.6) is 23.0 Å². The van der Waals surface area contributed by atoms with Crippen LogP contribution in [0.2, 0.25) is 0 Å². The summed E-state index contributed by atoms with van der Waals surface area (Å²) in [5.41, 5.74) is 14.7. The van der Waals surface area contributed by atoms with Crippen molar-refractivity contribution in [1.29, 1.82) is 0 Å². The first-order valence-electron chi connectivity index (χ1n) is 57.6. The molecular weight excluding hydrogens is 1830 g/mol. The highest BCUT2D eigenvalue weighted by atomic mass is 16.5. The highest BCUT2D eigenvalue weighted by molar-refractivity contribution is 5.96. The van der Waals surface area contributed by atoms with E-state index in [0.717, 1.165) is 160 Å². The first-order chi connectivity index (χ1) is 72.6. The lowest BCUT2D eigenvalue weighted by Gasteiger charge is -2.72. The summed E-state index contributed by atoms with van der Waals surface area (Å²) < 4.78 is 11.3. The molecule has 20 unspecified atom stereocenters. The fourth-order valence-electron chi connectivity index (χ4n) is 36.9. The van der Waals surface area contributed by atoms with Gasteiger partial charge in [0.1, 0.15) is 23.0 Å². The van der Waals surface area contributed by atoms with Crippen LogP contribution in [-0.4, -0.2) is 246 Å². The minimum Gasteiger partial charge on any atom is -0.508 e. The Labute approximate surface area is 877 Å². The van der Waals surface area contributed by atoms with Crippen LogP contribution < -0.4 is 25.4 Å². The first kappa shape index (κ1) is 98.2. The number of nitrogens with zero attached hydrogens (tertiary/aromatic N) is 9. The third kappa shape index (κ3) is 15.6. The normalized spacial score (nSPS) is 33.4. The molecule has 0 radical (unpaired) electrons. The Kier molecular flexibility index (Phi) is 26.7. The van der Waals surface area contributed by atoms with Crippen molar-refractivity contribution in [2.75, 3.05) is 53.5 Å². The molecule has 20 fully saturated rings. The highest BCUT2D eigenvalue weighted by Gasteiger charge is 2.85. The number of hydrogen-bond acceptors (Lipinski definition) is 16. The quantitative estimate of drug-likeness (QED) is 0.0278. The van der Waals surface area contributed by atoms with E-state index in [-0.39, 0.29) is 47.8 Å². The van der Waals surface area contributed by atoms with Crippen LogP contribution in [0.25, 0.3) is 0 Å². The van der Waals surface area contributed by atoms with Gasteiger partial charge in [0.15, 0.2) is 0 Å². The molecule has 11 saturated carbocycles. The van der Waals surface area contributed by atoms with Crippen LogP contribution in [0, 0.1) is 21.7 Å². The van der Waals surface area contributed by atoms with Crippen LogP contribution in [0.3, 0.4) is 0 Å². The zero-order valence-electron chi connectivity index (χ0n) is 87.3. The lowest BCUT2D eigenvalue weighted by Crippen LogP contribution is -2.83. The lowest BCUT2D eigenvalue weighted by molar-refractivity contribution is -0.235. The molecule has 20 heteroatoms. The van der Waals surface area contributed by atoms with Crippen molar-refractivity contribution in [1.82, 2.24) is 60.0 Å². The van der Waals surface area contributed by atoms with Crippen molar-refractivity contribution >= 4 is 23.6 Å². The molecule has 4 amide bonds. The molecule has 776 valence electrons. The first-order valence-corrected chi connectivity index (χ1v) is 57.6. The monoisotopic (exact) mass is 1990 g/mol. The molecular formula is C128H156N12O8. The Morgan fingerprint density at radius 1 is 0.291 bits per heavy atom. The topological polar surface area (TPSA) is 192 Å². The summed E-state index contributed by atoms with van der Waals surface area (Å²) in [5, 5.41) is 30.5. The predicted molar refractivity (Wildman–Crippen MR) is 583 cm³/mol. The molecule has 20 nitrogen and oxygen atoms in total. The number of aromatic hydroxyl groups is 2. The third-order valence-electron chi connectivity index (χ3n) is 41.9. The van der Waals surface area contributed by atoms with Gasteiger partial charge in [-0.15, -0.1) is 26.3 Å². The van der Waals surface area contributed by atoms with E-state index in [1.54, 1.807) is 26.4 Å². The molecule has 28 rings (SSSR count). The number of likely N-dealkylation sites (tertiary alicyclic amines) is 9. The molecule has 20 aliphatic rings. The molecule has 0 aromatic heterocycles. The predicted octanol–water partition coefficient (Wildman–Crippen LogP) is 21.4. The van der Waals surface area contributed by atoms with Crippen molar-refractivity contribution in [2.24, 2.45) is 21.7 Å². The van der Waals surface area contributed by atoms with Gasteiger partial charge in [-0.3, -0.25) is 58.4 Å². The van der Waals surface area contributed by atoms with Gasteiger partial charge in [0.05, 0.1) is 38.4 Å². The second kappa shape index (κ2) is 40.2.